The van der Waals surface area contributed by atoms with Gasteiger partial charge in [-0.2, -0.15) is 0 Å². The Hall–Kier alpha value is -1.69. The molecule has 0 aliphatic rings. The average Bonchev–Trinajstić information content (AvgIpc) is 2.44. The Morgan fingerprint density at radius 1 is 1.20 bits per heavy atom. The quantitative estimate of drug-likeness (QED) is 0.534. The second kappa shape index (κ2) is 9.25. The first-order chi connectivity index (χ1) is 9.65. The molecule has 110 valence electrons. The van der Waals surface area contributed by atoms with Crippen molar-refractivity contribution < 1.29 is 14.3 Å². The van der Waals surface area contributed by atoms with Crippen molar-refractivity contribution in [1.82, 2.24) is 10.6 Å². The fraction of sp³-hybridized carbons (Fsp3) is 0.429. The van der Waals surface area contributed by atoms with E-state index in [-0.39, 0.29) is 5.91 Å². The zero-order valence-corrected chi connectivity index (χ0v) is 12.4. The van der Waals surface area contributed by atoms with Crippen LogP contribution in [0.3, 0.4) is 0 Å². The minimum Gasteiger partial charge on any atom is -0.450 e. The number of thiol groups is 1. The first-order valence-corrected chi connectivity index (χ1v) is 7.06. The van der Waals surface area contributed by atoms with Crippen LogP contribution in [-0.2, 0) is 4.74 Å². The van der Waals surface area contributed by atoms with Crippen LogP contribution in [0.1, 0.15) is 30.1 Å². The van der Waals surface area contributed by atoms with E-state index in [0.717, 1.165) is 12.8 Å². The van der Waals surface area contributed by atoms with E-state index in [1.807, 2.05) is 13.0 Å². The molecule has 0 atom stereocenters. The van der Waals surface area contributed by atoms with Gasteiger partial charge in [0.2, 0.25) is 0 Å². The Labute approximate surface area is 124 Å². The van der Waals surface area contributed by atoms with Crippen molar-refractivity contribution >= 4 is 24.6 Å². The Morgan fingerprint density at radius 3 is 2.60 bits per heavy atom. The van der Waals surface area contributed by atoms with E-state index in [2.05, 4.69) is 23.3 Å². The average molecular weight is 296 g/mol. The van der Waals surface area contributed by atoms with Crippen molar-refractivity contribution in [3.8, 4) is 0 Å². The number of rotatable bonds is 7. The molecule has 0 bridgehead atoms. The van der Waals surface area contributed by atoms with Crippen LogP contribution in [0.2, 0.25) is 0 Å². The first kappa shape index (κ1) is 16.4. The van der Waals surface area contributed by atoms with E-state index in [4.69, 9.17) is 4.74 Å². The number of amides is 2. The van der Waals surface area contributed by atoms with Gasteiger partial charge in [-0.1, -0.05) is 25.5 Å². The maximum atomic E-state index is 11.8. The molecule has 0 spiro atoms. The molecule has 0 radical (unpaired) electrons. The summed E-state index contributed by atoms with van der Waals surface area (Å²) in [5, 5.41) is 5.27. The molecule has 0 aromatic heterocycles. The van der Waals surface area contributed by atoms with Crippen LogP contribution >= 0.6 is 12.6 Å². The van der Waals surface area contributed by atoms with Crippen molar-refractivity contribution in [3.05, 3.63) is 29.8 Å². The summed E-state index contributed by atoms with van der Waals surface area (Å²) in [6, 6.07) is 7.04. The number of hydrogen-bond donors (Lipinski definition) is 3. The molecular formula is C14H20N2O3S. The van der Waals surface area contributed by atoms with Gasteiger partial charge in [-0.25, -0.2) is 4.79 Å². The predicted molar refractivity (Wildman–Crippen MR) is 80.3 cm³/mol. The van der Waals surface area contributed by atoms with Crippen LogP contribution in [0.5, 0.6) is 0 Å². The maximum absolute atomic E-state index is 11.8. The number of benzene rings is 1. The highest BCUT2D eigenvalue weighted by Gasteiger charge is 2.08. The van der Waals surface area contributed by atoms with E-state index in [9.17, 15) is 9.59 Å². The first-order valence-electron chi connectivity index (χ1n) is 6.62. The molecule has 5 nitrogen and oxygen atoms in total. The van der Waals surface area contributed by atoms with Crippen molar-refractivity contribution in [1.29, 1.82) is 0 Å². The van der Waals surface area contributed by atoms with Crippen LogP contribution in [0, 0.1) is 0 Å². The lowest BCUT2D eigenvalue weighted by atomic mass is 10.2. The summed E-state index contributed by atoms with van der Waals surface area (Å²) in [5.41, 5.74) is 0.515. The molecular weight excluding hydrogens is 276 g/mol. The normalized spacial score (nSPS) is 9.90. The summed E-state index contributed by atoms with van der Waals surface area (Å²) in [6.45, 7) is 3.10. The Kier molecular flexibility index (Phi) is 7.57. The Morgan fingerprint density at radius 2 is 1.90 bits per heavy atom. The molecule has 20 heavy (non-hydrogen) atoms. The lowest BCUT2D eigenvalue weighted by Gasteiger charge is -2.08. The summed E-state index contributed by atoms with van der Waals surface area (Å²) in [4.78, 5) is 23.7. The molecule has 1 aromatic carbocycles. The maximum Gasteiger partial charge on any atom is 0.407 e. The molecule has 1 aromatic rings. The minimum absolute atomic E-state index is 0.211. The Bertz CT molecular complexity index is 452. The van der Waals surface area contributed by atoms with Gasteiger partial charge in [-0.3, -0.25) is 4.79 Å². The van der Waals surface area contributed by atoms with Gasteiger partial charge in [0.1, 0.15) is 0 Å². The molecule has 2 N–H and O–H groups in total. The number of unbranched alkanes of at least 4 members (excludes halogenated alkanes) is 1. The third-order valence-electron chi connectivity index (χ3n) is 2.56. The minimum atomic E-state index is -0.456. The van der Waals surface area contributed by atoms with E-state index in [1.54, 1.807) is 18.2 Å². The summed E-state index contributed by atoms with van der Waals surface area (Å²) in [7, 11) is 0. The lowest BCUT2D eigenvalue weighted by molar-refractivity contribution is 0.0949. The van der Waals surface area contributed by atoms with Crippen molar-refractivity contribution in [2.45, 2.75) is 24.7 Å². The zero-order valence-electron chi connectivity index (χ0n) is 11.5. The van der Waals surface area contributed by atoms with Gasteiger partial charge in [0.25, 0.3) is 5.91 Å². The SMILES string of the molecule is CCCCOC(=O)NCCNC(=O)c1ccccc1S. The number of nitrogens with one attached hydrogen (secondary N) is 2. The van der Waals surface area contributed by atoms with Crippen molar-refractivity contribution in [2.24, 2.45) is 0 Å². The third kappa shape index (κ3) is 5.97. The van der Waals surface area contributed by atoms with Gasteiger partial charge in [-0.15, -0.1) is 12.6 Å². The monoisotopic (exact) mass is 296 g/mol. The highest BCUT2D eigenvalue weighted by atomic mass is 32.1. The third-order valence-corrected chi connectivity index (χ3v) is 2.95. The Balaban J connectivity index is 2.20. The predicted octanol–water partition coefficient (Wildman–Crippen LogP) is 2.23. The van der Waals surface area contributed by atoms with Crippen LogP contribution < -0.4 is 10.6 Å². The lowest BCUT2D eigenvalue weighted by Crippen LogP contribution is -2.35. The fourth-order valence-electron chi connectivity index (χ4n) is 1.46. The second-order valence-corrected chi connectivity index (χ2v) is 4.67. The molecule has 0 aliphatic carbocycles. The second-order valence-electron chi connectivity index (χ2n) is 4.19. The van der Waals surface area contributed by atoms with E-state index < -0.39 is 6.09 Å². The number of alkyl carbamates (subject to hydrolysis) is 1. The van der Waals surface area contributed by atoms with E-state index in [0.29, 0.717) is 30.2 Å². The van der Waals surface area contributed by atoms with E-state index >= 15 is 0 Å². The van der Waals surface area contributed by atoms with Crippen LogP contribution in [-0.4, -0.2) is 31.7 Å². The fourth-order valence-corrected chi connectivity index (χ4v) is 1.72. The largest absolute Gasteiger partial charge is 0.450 e. The molecule has 0 saturated heterocycles. The van der Waals surface area contributed by atoms with Gasteiger partial charge in [-0.05, 0) is 18.6 Å². The molecule has 0 aliphatic heterocycles. The smallest absolute Gasteiger partial charge is 0.407 e. The van der Waals surface area contributed by atoms with Gasteiger partial charge < -0.3 is 15.4 Å². The van der Waals surface area contributed by atoms with Crippen molar-refractivity contribution in [2.75, 3.05) is 19.7 Å². The molecule has 1 rings (SSSR count). The topological polar surface area (TPSA) is 67.4 Å². The molecule has 0 fully saturated rings. The van der Waals surface area contributed by atoms with Gasteiger partial charge in [0.05, 0.1) is 12.2 Å². The highest BCUT2D eigenvalue weighted by Crippen LogP contribution is 2.12. The summed E-state index contributed by atoms with van der Waals surface area (Å²) < 4.78 is 4.92. The molecule has 0 heterocycles. The molecule has 6 heteroatoms. The van der Waals surface area contributed by atoms with Gasteiger partial charge >= 0.3 is 6.09 Å². The van der Waals surface area contributed by atoms with Crippen LogP contribution in [0.4, 0.5) is 4.79 Å². The summed E-state index contributed by atoms with van der Waals surface area (Å²) in [5.74, 6) is -0.211. The molecule has 2 amide bonds. The van der Waals surface area contributed by atoms with Gasteiger partial charge in [0, 0.05) is 18.0 Å². The zero-order chi connectivity index (χ0) is 14.8. The summed E-state index contributed by atoms with van der Waals surface area (Å²) >= 11 is 4.21. The van der Waals surface area contributed by atoms with Crippen LogP contribution in [0.15, 0.2) is 29.2 Å². The standard InChI is InChI=1S/C14H20N2O3S/c1-2-3-10-19-14(18)16-9-8-15-13(17)11-6-4-5-7-12(11)20/h4-7,20H,2-3,8-10H2,1H3,(H,15,17)(H,16,18). The number of hydrogen-bond acceptors (Lipinski definition) is 4. The number of ether oxygens (including phenoxy) is 1. The van der Waals surface area contributed by atoms with E-state index in [1.165, 1.54) is 0 Å². The number of carbonyl (C=O) groups excluding carboxylic acids is 2. The molecule has 0 saturated carbocycles. The summed E-state index contributed by atoms with van der Waals surface area (Å²) in [6.07, 6.45) is 1.37. The van der Waals surface area contributed by atoms with Crippen molar-refractivity contribution in [3.63, 3.8) is 0 Å². The highest BCUT2D eigenvalue weighted by molar-refractivity contribution is 7.80. The van der Waals surface area contributed by atoms with Gasteiger partial charge in [0.15, 0.2) is 0 Å². The molecule has 0 unspecified atom stereocenters. The van der Waals surface area contributed by atoms with Crippen LogP contribution in [0.25, 0.3) is 0 Å². The number of carbonyl (C=O) groups is 2.